The van der Waals surface area contributed by atoms with Crippen molar-refractivity contribution < 1.29 is 4.79 Å². The Morgan fingerprint density at radius 3 is 2.63 bits per heavy atom. The third-order valence-corrected chi connectivity index (χ3v) is 3.01. The summed E-state index contributed by atoms with van der Waals surface area (Å²) >= 11 is 3.19. The van der Waals surface area contributed by atoms with E-state index in [2.05, 4.69) is 43.3 Å². The summed E-state index contributed by atoms with van der Waals surface area (Å²) in [7, 11) is 0. The van der Waals surface area contributed by atoms with Crippen LogP contribution in [0.1, 0.15) is 18.4 Å². The monoisotopic (exact) mass is 319 g/mol. The van der Waals surface area contributed by atoms with Crippen molar-refractivity contribution in [3.8, 4) is 0 Å². The van der Waals surface area contributed by atoms with Gasteiger partial charge in [-0.3, -0.25) is 4.79 Å². The predicted octanol–water partition coefficient (Wildman–Crippen LogP) is 3.20. The molecule has 0 aliphatic carbocycles. The Hall–Kier alpha value is -1.75. The molecule has 0 radical (unpaired) electrons. The van der Waals surface area contributed by atoms with Crippen LogP contribution in [0, 0.1) is 0 Å². The number of rotatable bonds is 5. The van der Waals surface area contributed by atoms with Crippen LogP contribution in [0.15, 0.2) is 47.3 Å². The third kappa shape index (κ3) is 4.79. The normalized spacial score (nSPS) is 10.2. The first-order valence-corrected chi connectivity index (χ1v) is 6.84. The summed E-state index contributed by atoms with van der Waals surface area (Å²) in [5, 5.41) is 2.72. The highest BCUT2D eigenvalue weighted by Crippen LogP contribution is 2.08. The van der Waals surface area contributed by atoms with E-state index in [4.69, 9.17) is 0 Å². The second kappa shape index (κ2) is 6.99. The second-order valence-electron chi connectivity index (χ2n) is 4.11. The number of hydrogen-bond acceptors (Lipinski definition) is 3. The molecule has 2 aromatic rings. The van der Waals surface area contributed by atoms with E-state index in [-0.39, 0.29) is 5.91 Å². The fourth-order valence-corrected chi connectivity index (χ4v) is 1.88. The van der Waals surface area contributed by atoms with Crippen molar-refractivity contribution in [2.24, 2.45) is 0 Å². The largest absolute Gasteiger partial charge is 0.309 e. The van der Waals surface area contributed by atoms with Crippen LogP contribution < -0.4 is 5.32 Å². The zero-order valence-electron chi connectivity index (χ0n) is 10.3. The van der Waals surface area contributed by atoms with Crippen molar-refractivity contribution in [1.82, 2.24) is 9.97 Å². The molecular formula is C14H14BrN3O. The van der Waals surface area contributed by atoms with Crippen molar-refractivity contribution in [2.45, 2.75) is 19.3 Å². The van der Waals surface area contributed by atoms with Crippen LogP contribution in [0.25, 0.3) is 0 Å². The molecule has 19 heavy (non-hydrogen) atoms. The molecule has 5 heteroatoms. The Labute approximate surface area is 120 Å². The summed E-state index contributed by atoms with van der Waals surface area (Å²) in [6.45, 7) is 0. The average Bonchev–Trinajstić information content (AvgIpc) is 2.43. The molecule has 4 nitrogen and oxygen atoms in total. The fourth-order valence-electron chi connectivity index (χ4n) is 1.68. The average molecular weight is 320 g/mol. The number of hydrogen-bond donors (Lipinski definition) is 1. The molecule has 0 bridgehead atoms. The van der Waals surface area contributed by atoms with Gasteiger partial charge in [0.1, 0.15) is 4.60 Å². The first kappa shape index (κ1) is 13.7. The van der Waals surface area contributed by atoms with Crippen LogP contribution >= 0.6 is 15.9 Å². The van der Waals surface area contributed by atoms with E-state index in [9.17, 15) is 4.79 Å². The molecule has 1 heterocycles. The van der Waals surface area contributed by atoms with E-state index < -0.39 is 0 Å². The first-order valence-electron chi connectivity index (χ1n) is 6.05. The number of aryl methyl sites for hydroxylation is 1. The van der Waals surface area contributed by atoms with Gasteiger partial charge in [-0.2, -0.15) is 0 Å². The van der Waals surface area contributed by atoms with Crippen LogP contribution in [0.4, 0.5) is 5.82 Å². The van der Waals surface area contributed by atoms with Crippen LogP contribution in [0.3, 0.4) is 0 Å². The molecule has 2 rings (SSSR count). The molecule has 0 fully saturated rings. The Balaban J connectivity index is 1.74. The molecule has 0 aliphatic rings. The van der Waals surface area contributed by atoms with Gasteiger partial charge < -0.3 is 5.32 Å². The minimum absolute atomic E-state index is 0.0347. The number of carbonyl (C=O) groups excluding carboxylic acids is 1. The van der Waals surface area contributed by atoms with Gasteiger partial charge in [-0.05, 0) is 34.3 Å². The first-order chi connectivity index (χ1) is 9.24. The van der Waals surface area contributed by atoms with E-state index in [1.807, 2.05) is 18.2 Å². The predicted molar refractivity (Wildman–Crippen MR) is 77.7 cm³/mol. The zero-order chi connectivity index (χ0) is 13.5. The van der Waals surface area contributed by atoms with Gasteiger partial charge in [-0.25, -0.2) is 9.97 Å². The van der Waals surface area contributed by atoms with Gasteiger partial charge in [0.25, 0.3) is 0 Å². The van der Waals surface area contributed by atoms with Gasteiger partial charge >= 0.3 is 0 Å². The number of nitrogens with one attached hydrogen (secondary N) is 1. The summed E-state index contributed by atoms with van der Waals surface area (Å²) in [6.07, 6.45) is 5.28. The maximum Gasteiger partial charge on any atom is 0.225 e. The number of carbonyl (C=O) groups is 1. The van der Waals surface area contributed by atoms with Gasteiger partial charge in [0.2, 0.25) is 5.91 Å². The molecule has 0 aliphatic heterocycles. The SMILES string of the molecule is O=C(CCCc1ccccc1)Nc1cnc(Br)cn1. The maximum atomic E-state index is 11.7. The van der Waals surface area contributed by atoms with Gasteiger partial charge in [0.15, 0.2) is 5.82 Å². The van der Waals surface area contributed by atoms with Crippen molar-refractivity contribution >= 4 is 27.7 Å². The van der Waals surface area contributed by atoms with Gasteiger partial charge in [0, 0.05) is 6.42 Å². The maximum absolute atomic E-state index is 11.7. The standard InChI is InChI=1S/C14H14BrN3O/c15-12-9-17-13(10-16-12)18-14(19)8-4-7-11-5-2-1-3-6-11/h1-3,5-6,9-10H,4,7-8H2,(H,17,18,19). The molecule has 1 aromatic heterocycles. The lowest BCUT2D eigenvalue weighted by atomic mass is 10.1. The summed E-state index contributed by atoms with van der Waals surface area (Å²) in [4.78, 5) is 19.7. The third-order valence-electron chi connectivity index (χ3n) is 2.60. The minimum Gasteiger partial charge on any atom is -0.309 e. The van der Waals surface area contributed by atoms with E-state index in [1.54, 1.807) is 6.20 Å². The summed E-state index contributed by atoms with van der Waals surface area (Å²) in [6, 6.07) is 10.1. The van der Waals surface area contributed by atoms with Crippen molar-refractivity contribution in [3.63, 3.8) is 0 Å². The number of nitrogens with zero attached hydrogens (tertiary/aromatic N) is 2. The Morgan fingerprint density at radius 1 is 1.16 bits per heavy atom. The van der Waals surface area contributed by atoms with Gasteiger partial charge in [0.05, 0.1) is 12.4 Å². The highest BCUT2D eigenvalue weighted by atomic mass is 79.9. The Morgan fingerprint density at radius 2 is 1.95 bits per heavy atom. The molecule has 1 amide bonds. The number of anilines is 1. The Kier molecular flexibility index (Phi) is 5.03. The van der Waals surface area contributed by atoms with Crippen LogP contribution in [0.2, 0.25) is 0 Å². The molecule has 0 unspecified atom stereocenters. The fraction of sp³-hybridized carbons (Fsp3) is 0.214. The van der Waals surface area contributed by atoms with Crippen molar-refractivity contribution in [1.29, 1.82) is 0 Å². The summed E-state index contributed by atoms with van der Waals surface area (Å²) < 4.78 is 0.648. The Bertz CT molecular complexity index is 528. The van der Waals surface area contributed by atoms with Crippen molar-refractivity contribution in [2.75, 3.05) is 5.32 Å². The van der Waals surface area contributed by atoms with Crippen molar-refractivity contribution in [3.05, 3.63) is 52.9 Å². The molecule has 98 valence electrons. The molecule has 0 spiro atoms. The molecular weight excluding hydrogens is 306 g/mol. The van der Waals surface area contributed by atoms with Crippen LogP contribution in [-0.2, 0) is 11.2 Å². The van der Waals surface area contributed by atoms with Gasteiger partial charge in [-0.1, -0.05) is 30.3 Å². The molecule has 1 N–H and O–H groups in total. The van der Waals surface area contributed by atoms with E-state index >= 15 is 0 Å². The molecule has 0 saturated carbocycles. The molecule has 1 aromatic carbocycles. The number of amides is 1. The lowest BCUT2D eigenvalue weighted by molar-refractivity contribution is -0.116. The smallest absolute Gasteiger partial charge is 0.225 e. The van der Waals surface area contributed by atoms with Crippen LogP contribution in [0.5, 0.6) is 0 Å². The lowest BCUT2D eigenvalue weighted by Crippen LogP contribution is -2.12. The topological polar surface area (TPSA) is 54.9 Å². The minimum atomic E-state index is -0.0347. The second-order valence-corrected chi connectivity index (χ2v) is 4.92. The number of benzene rings is 1. The number of halogens is 1. The zero-order valence-corrected chi connectivity index (χ0v) is 11.9. The highest BCUT2D eigenvalue weighted by Gasteiger charge is 2.03. The summed E-state index contributed by atoms with van der Waals surface area (Å²) in [5.41, 5.74) is 1.25. The molecule has 0 saturated heterocycles. The van der Waals surface area contributed by atoms with E-state index in [1.165, 1.54) is 11.8 Å². The number of aromatic nitrogens is 2. The lowest BCUT2D eigenvalue weighted by Gasteiger charge is -2.04. The highest BCUT2D eigenvalue weighted by molar-refractivity contribution is 9.10. The summed E-state index contributed by atoms with van der Waals surface area (Å²) in [5.74, 6) is 0.445. The quantitative estimate of drug-likeness (QED) is 0.920. The van der Waals surface area contributed by atoms with Crippen LogP contribution in [-0.4, -0.2) is 15.9 Å². The van der Waals surface area contributed by atoms with Gasteiger partial charge in [-0.15, -0.1) is 0 Å². The molecule has 0 atom stereocenters. The van der Waals surface area contributed by atoms with E-state index in [0.717, 1.165) is 12.8 Å². The van der Waals surface area contributed by atoms with E-state index in [0.29, 0.717) is 16.8 Å².